The highest BCUT2D eigenvalue weighted by Gasteiger charge is 2.08. The summed E-state index contributed by atoms with van der Waals surface area (Å²) in [4.78, 5) is 4.58. The fourth-order valence-corrected chi connectivity index (χ4v) is 2.61. The quantitative estimate of drug-likeness (QED) is 0.624. The molecule has 0 radical (unpaired) electrons. The van der Waals surface area contributed by atoms with Gasteiger partial charge in [-0.2, -0.15) is 0 Å². The van der Waals surface area contributed by atoms with Crippen LogP contribution >= 0.6 is 0 Å². The van der Waals surface area contributed by atoms with Crippen molar-refractivity contribution in [3.8, 4) is 11.3 Å². The van der Waals surface area contributed by atoms with Crippen LogP contribution in [0.3, 0.4) is 0 Å². The van der Waals surface area contributed by atoms with Gasteiger partial charge in [0.2, 0.25) is 0 Å². The van der Waals surface area contributed by atoms with E-state index in [0.717, 1.165) is 23.6 Å². The van der Waals surface area contributed by atoms with E-state index in [1.54, 1.807) is 6.33 Å². The van der Waals surface area contributed by atoms with Gasteiger partial charge in [-0.1, -0.05) is 60.2 Å². The lowest BCUT2D eigenvalue weighted by Gasteiger charge is -2.11. The lowest BCUT2D eigenvalue weighted by atomic mass is 10.1. The Kier molecular flexibility index (Phi) is 3.67. The van der Waals surface area contributed by atoms with Crippen LogP contribution < -0.4 is 5.32 Å². The van der Waals surface area contributed by atoms with E-state index in [4.69, 9.17) is 0 Å². The average molecular weight is 315 g/mol. The largest absolute Gasteiger partial charge is 0.367 e. The van der Waals surface area contributed by atoms with Crippen LogP contribution in [0.2, 0.25) is 0 Å². The topological polar surface area (TPSA) is 55.1 Å². The monoisotopic (exact) mass is 315 g/mol. The zero-order valence-electron chi connectivity index (χ0n) is 13.3. The molecule has 1 N–H and O–H groups in total. The predicted molar refractivity (Wildman–Crippen MR) is 94.7 cm³/mol. The molecular formula is C19H17N5. The van der Waals surface area contributed by atoms with Gasteiger partial charge in [0, 0.05) is 18.2 Å². The Labute approximate surface area is 140 Å². The van der Waals surface area contributed by atoms with Crippen LogP contribution in [0.25, 0.3) is 17.0 Å². The first-order valence-corrected chi connectivity index (χ1v) is 7.85. The van der Waals surface area contributed by atoms with Crippen LogP contribution in [0, 0.1) is 6.92 Å². The number of aryl methyl sites for hydroxylation is 1. The number of hydrogen-bond acceptors (Lipinski definition) is 4. The lowest BCUT2D eigenvalue weighted by molar-refractivity contribution is 1.05. The summed E-state index contributed by atoms with van der Waals surface area (Å²) < 4.78 is 1.86. The van der Waals surface area contributed by atoms with Gasteiger partial charge in [0.05, 0.1) is 5.69 Å². The molecule has 0 saturated carbocycles. The molecule has 0 amide bonds. The summed E-state index contributed by atoms with van der Waals surface area (Å²) in [5, 5.41) is 11.5. The SMILES string of the molecule is Cc1ccc(CNc2cc(-c3ccccc3)nc3nncn23)cc1. The van der Waals surface area contributed by atoms with Gasteiger partial charge in [-0.15, -0.1) is 10.2 Å². The maximum atomic E-state index is 4.58. The molecule has 0 aliphatic rings. The molecule has 0 unspecified atom stereocenters. The molecule has 118 valence electrons. The zero-order chi connectivity index (χ0) is 16.4. The Morgan fingerprint density at radius 3 is 2.58 bits per heavy atom. The molecule has 5 heteroatoms. The highest BCUT2D eigenvalue weighted by Crippen LogP contribution is 2.21. The number of fused-ring (bicyclic) bond motifs is 1. The fourth-order valence-electron chi connectivity index (χ4n) is 2.61. The van der Waals surface area contributed by atoms with Crippen molar-refractivity contribution < 1.29 is 0 Å². The third-order valence-electron chi connectivity index (χ3n) is 3.95. The molecule has 0 aliphatic heterocycles. The number of anilines is 1. The first-order chi connectivity index (χ1) is 11.8. The molecule has 0 bridgehead atoms. The second-order valence-corrected chi connectivity index (χ2v) is 5.73. The van der Waals surface area contributed by atoms with Crippen LogP contribution in [0.5, 0.6) is 0 Å². The van der Waals surface area contributed by atoms with Gasteiger partial charge >= 0.3 is 0 Å². The van der Waals surface area contributed by atoms with E-state index in [2.05, 4.69) is 51.7 Å². The first-order valence-electron chi connectivity index (χ1n) is 7.85. The summed E-state index contributed by atoms with van der Waals surface area (Å²) in [5.41, 5.74) is 4.42. The highest BCUT2D eigenvalue weighted by atomic mass is 15.3. The minimum absolute atomic E-state index is 0.586. The van der Waals surface area contributed by atoms with E-state index < -0.39 is 0 Å². The number of rotatable bonds is 4. The van der Waals surface area contributed by atoms with Crippen LogP contribution in [-0.2, 0) is 6.54 Å². The Balaban J connectivity index is 1.68. The average Bonchev–Trinajstić information content (AvgIpc) is 3.10. The van der Waals surface area contributed by atoms with Crippen LogP contribution in [-0.4, -0.2) is 19.6 Å². The molecule has 0 aliphatic carbocycles. The van der Waals surface area contributed by atoms with Crippen molar-refractivity contribution in [2.45, 2.75) is 13.5 Å². The van der Waals surface area contributed by atoms with Crippen LogP contribution in [0.4, 0.5) is 5.82 Å². The lowest BCUT2D eigenvalue weighted by Crippen LogP contribution is -2.05. The predicted octanol–water partition coefficient (Wildman–Crippen LogP) is 3.71. The van der Waals surface area contributed by atoms with Gasteiger partial charge < -0.3 is 5.32 Å². The van der Waals surface area contributed by atoms with Crippen molar-refractivity contribution in [2.24, 2.45) is 0 Å². The molecule has 2 aromatic heterocycles. The number of aromatic nitrogens is 4. The van der Waals surface area contributed by atoms with Crippen molar-refractivity contribution in [1.29, 1.82) is 0 Å². The summed E-state index contributed by atoms with van der Waals surface area (Å²) >= 11 is 0. The smallest absolute Gasteiger partial charge is 0.256 e. The van der Waals surface area contributed by atoms with E-state index >= 15 is 0 Å². The normalized spacial score (nSPS) is 10.9. The molecule has 4 aromatic rings. The summed E-state index contributed by atoms with van der Waals surface area (Å²) in [7, 11) is 0. The van der Waals surface area contributed by atoms with Crippen LogP contribution in [0.15, 0.2) is 67.0 Å². The van der Waals surface area contributed by atoms with Crippen molar-refractivity contribution in [3.63, 3.8) is 0 Å². The summed E-state index contributed by atoms with van der Waals surface area (Å²) in [5.74, 6) is 1.51. The van der Waals surface area contributed by atoms with E-state index in [-0.39, 0.29) is 0 Å². The summed E-state index contributed by atoms with van der Waals surface area (Å²) in [6, 6.07) is 20.6. The molecular weight excluding hydrogens is 298 g/mol. The Morgan fingerprint density at radius 1 is 1.00 bits per heavy atom. The zero-order valence-corrected chi connectivity index (χ0v) is 13.3. The van der Waals surface area contributed by atoms with Crippen molar-refractivity contribution in [3.05, 3.63) is 78.1 Å². The van der Waals surface area contributed by atoms with Gasteiger partial charge in [0.1, 0.15) is 12.1 Å². The Hall–Kier alpha value is -3.21. The number of nitrogens with zero attached hydrogens (tertiary/aromatic N) is 4. The second kappa shape index (κ2) is 6.12. The van der Waals surface area contributed by atoms with Crippen molar-refractivity contribution in [2.75, 3.05) is 5.32 Å². The first kappa shape index (κ1) is 14.4. The standard InChI is InChI=1S/C19H17N5/c1-14-7-9-15(10-8-14)12-20-18-11-17(16-5-3-2-4-6-16)22-19-23-21-13-24(18)19/h2-11,13,20H,12H2,1H3. The fraction of sp³-hybridized carbons (Fsp3) is 0.105. The van der Waals surface area contributed by atoms with E-state index in [1.807, 2.05) is 40.8 Å². The number of benzene rings is 2. The van der Waals surface area contributed by atoms with E-state index in [0.29, 0.717) is 5.78 Å². The molecule has 2 aromatic carbocycles. The molecule has 24 heavy (non-hydrogen) atoms. The van der Waals surface area contributed by atoms with E-state index in [9.17, 15) is 0 Å². The molecule has 4 rings (SSSR count). The summed E-state index contributed by atoms with van der Waals surface area (Å²) in [6.07, 6.45) is 1.68. The molecule has 2 heterocycles. The van der Waals surface area contributed by atoms with Gasteiger partial charge in [-0.25, -0.2) is 4.98 Å². The van der Waals surface area contributed by atoms with Gasteiger partial charge in [-0.3, -0.25) is 4.40 Å². The van der Waals surface area contributed by atoms with Crippen LogP contribution in [0.1, 0.15) is 11.1 Å². The molecule has 0 fully saturated rings. The minimum Gasteiger partial charge on any atom is -0.367 e. The second-order valence-electron chi connectivity index (χ2n) is 5.73. The van der Waals surface area contributed by atoms with Gasteiger partial charge in [-0.05, 0) is 12.5 Å². The van der Waals surface area contributed by atoms with Gasteiger partial charge in [0.25, 0.3) is 5.78 Å². The van der Waals surface area contributed by atoms with Crippen molar-refractivity contribution in [1.82, 2.24) is 19.6 Å². The molecule has 5 nitrogen and oxygen atoms in total. The Morgan fingerprint density at radius 2 is 1.79 bits per heavy atom. The number of hydrogen-bond donors (Lipinski definition) is 1. The van der Waals surface area contributed by atoms with Crippen molar-refractivity contribution >= 4 is 11.6 Å². The maximum Gasteiger partial charge on any atom is 0.256 e. The molecule has 0 saturated heterocycles. The molecule has 0 spiro atoms. The molecule has 0 atom stereocenters. The third kappa shape index (κ3) is 2.84. The summed E-state index contributed by atoms with van der Waals surface area (Å²) in [6.45, 7) is 2.82. The maximum absolute atomic E-state index is 4.58. The third-order valence-corrected chi connectivity index (χ3v) is 3.95. The minimum atomic E-state index is 0.586. The van der Waals surface area contributed by atoms with E-state index in [1.165, 1.54) is 11.1 Å². The Bertz CT molecular complexity index is 958. The number of nitrogens with one attached hydrogen (secondary N) is 1. The van der Waals surface area contributed by atoms with Gasteiger partial charge in [0.15, 0.2) is 0 Å². The highest BCUT2D eigenvalue weighted by molar-refractivity contribution is 5.65.